The summed E-state index contributed by atoms with van der Waals surface area (Å²) in [4.78, 5) is 0. The third kappa shape index (κ3) is 5.01. The lowest BCUT2D eigenvalue weighted by Crippen LogP contribution is -2.19. The number of hydrogen-bond acceptors (Lipinski definition) is 3. The zero-order chi connectivity index (χ0) is 12.9. The number of halogens is 4. The summed E-state index contributed by atoms with van der Waals surface area (Å²) in [7, 11) is 0. The minimum atomic E-state index is -4.42. The molecule has 0 aliphatic heterocycles. The molecule has 1 aromatic carbocycles. The molecule has 3 nitrogen and oxygen atoms in total. The molecule has 0 aliphatic carbocycles. The molecule has 0 bridgehead atoms. The minimum Gasteiger partial charge on any atom is -0.467 e. The standard InChI is InChI=1S/C10H10F4O3/c11-8-1-2-9(7(3-8)4-15)17-6-16-5-10(12,13)14/h1-3,15H,4-6H2. The maximum absolute atomic E-state index is 12.7. The highest BCUT2D eigenvalue weighted by Gasteiger charge is 2.27. The Morgan fingerprint density at radius 1 is 1.24 bits per heavy atom. The molecule has 0 unspecified atom stereocenters. The summed E-state index contributed by atoms with van der Waals surface area (Å²) in [6.07, 6.45) is -4.42. The van der Waals surface area contributed by atoms with Gasteiger partial charge in [-0.1, -0.05) is 0 Å². The molecule has 1 aromatic rings. The van der Waals surface area contributed by atoms with Gasteiger partial charge in [0.15, 0.2) is 6.79 Å². The Balaban J connectivity index is 2.46. The van der Waals surface area contributed by atoms with Gasteiger partial charge in [0.1, 0.15) is 18.2 Å². The van der Waals surface area contributed by atoms with Crippen LogP contribution in [0.1, 0.15) is 5.56 Å². The topological polar surface area (TPSA) is 38.7 Å². The summed E-state index contributed by atoms with van der Waals surface area (Å²) >= 11 is 0. The molecule has 0 radical (unpaired) electrons. The second-order valence-electron chi connectivity index (χ2n) is 3.14. The highest BCUT2D eigenvalue weighted by atomic mass is 19.4. The van der Waals surface area contributed by atoms with E-state index in [4.69, 9.17) is 9.84 Å². The van der Waals surface area contributed by atoms with Gasteiger partial charge in [0.05, 0.1) is 6.61 Å². The first kappa shape index (κ1) is 13.7. The van der Waals surface area contributed by atoms with Crippen LogP contribution in [0.25, 0.3) is 0 Å². The van der Waals surface area contributed by atoms with Gasteiger partial charge in [0, 0.05) is 5.56 Å². The Kier molecular flexibility index (Phi) is 4.71. The van der Waals surface area contributed by atoms with E-state index in [9.17, 15) is 17.6 Å². The number of rotatable bonds is 5. The molecule has 0 atom stereocenters. The largest absolute Gasteiger partial charge is 0.467 e. The van der Waals surface area contributed by atoms with Crippen LogP contribution in [0, 0.1) is 5.82 Å². The lowest BCUT2D eigenvalue weighted by atomic mass is 10.2. The Morgan fingerprint density at radius 3 is 2.53 bits per heavy atom. The summed E-state index contributed by atoms with van der Waals surface area (Å²) in [6.45, 7) is -2.53. The van der Waals surface area contributed by atoms with Crippen molar-refractivity contribution in [2.75, 3.05) is 13.4 Å². The first-order chi connectivity index (χ1) is 7.92. The van der Waals surface area contributed by atoms with Gasteiger partial charge in [-0.3, -0.25) is 0 Å². The first-order valence-electron chi connectivity index (χ1n) is 4.59. The van der Waals surface area contributed by atoms with E-state index in [1.807, 2.05) is 0 Å². The van der Waals surface area contributed by atoms with Gasteiger partial charge in [-0.05, 0) is 18.2 Å². The molecular formula is C10H10F4O3. The highest BCUT2D eigenvalue weighted by molar-refractivity contribution is 5.33. The normalized spacial score (nSPS) is 11.6. The van der Waals surface area contributed by atoms with Crippen molar-refractivity contribution in [2.24, 2.45) is 0 Å². The summed E-state index contributed by atoms with van der Waals surface area (Å²) in [5, 5.41) is 8.86. The number of aliphatic hydroxyl groups is 1. The quantitative estimate of drug-likeness (QED) is 0.497. The number of ether oxygens (including phenoxy) is 2. The van der Waals surface area contributed by atoms with Gasteiger partial charge in [-0.15, -0.1) is 0 Å². The van der Waals surface area contributed by atoms with Gasteiger partial charge in [-0.25, -0.2) is 4.39 Å². The smallest absolute Gasteiger partial charge is 0.411 e. The number of aliphatic hydroxyl groups excluding tert-OH is 1. The Bertz CT molecular complexity index is 365. The summed E-state index contributed by atoms with van der Waals surface area (Å²) < 4.78 is 56.9. The maximum Gasteiger partial charge on any atom is 0.411 e. The average Bonchev–Trinajstić information content (AvgIpc) is 2.24. The third-order valence-electron chi connectivity index (χ3n) is 1.76. The van der Waals surface area contributed by atoms with Gasteiger partial charge in [-0.2, -0.15) is 13.2 Å². The average molecular weight is 254 g/mol. The van der Waals surface area contributed by atoms with Crippen molar-refractivity contribution in [2.45, 2.75) is 12.8 Å². The summed E-state index contributed by atoms with van der Waals surface area (Å²) in [6, 6.07) is 3.30. The van der Waals surface area contributed by atoms with Crippen LogP contribution in [0.2, 0.25) is 0 Å². The van der Waals surface area contributed by atoms with E-state index in [0.29, 0.717) is 0 Å². The highest BCUT2D eigenvalue weighted by Crippen LogP contribution is 2.20. The molecule has 0 aromatic heterocycles. The molecule has 96 valence electrons. The van der Waals surface area contributed by atoms with E-state index in [0.717, 1.165) is 12.1 Å². The van der Waals surface area contributed by atoms with E-state index in [2.05, 4.69) is 4.74 Å². The van der Waals surface area contributed by atoms with E-state index in [-0.39, 0.29) is 11.3 Å². The SMILES string of the molecule is OCc1cc(F)ccc1OCOCC(F)(F)F. The Labute approximate surface area is 94.6 Å². The van der Waals surface area contributed by atoms with Crippen LogP contribution in [0.5, 0.6) is 5.75 Å². The molecule has 1 N–H and O–H groups in total. The molecule has 0 saturated heterocycles. The van der Waals surface area contributed by atoms with Gasteiger partial charge < -0.3 is 14.6 Å². The lowest BCUT2D eigenvalue weighted by Gasteiger charge is -2.11. The minimum absolute atomic E-state index is 0.0797. The molecule has 0 spiro atoms. The molecular weight excluding hydrogens is 244 g/mol. The van der Waals surface area contributed by atoms with Crippen LogP contribution in [0.4, 0.5) is 17.6 Å². The summed E-state index contributed by atoms with van der Waals surface area (Å²) in [5.74, 6) is -0.492. The summed E-state index contributed by atoms with van der Waals surface area (Å²) in [5.41, 5.74) is 0.139. The van der Waals surface area contributed by atoms with Gasteiger partial charge in [0.2, 0.25) is 0 Å². The number of benzene rings is 1. The van der Waals surface area contributed by atoms with Gasteiger partial charge >= 0.3 is 6.18 Å². The predicted octanol–water partition coefficient (Wildman–Crippen LogP) is 2.23. The fourth-order valence-corrected chi connectivity index (χ4v) is 1.07. The van der Waals surface area contributed by atoms with Crippen LogP contribution < -0.4 is 4.74 Å². The van der Waals surface area contributed by atoms with Crippen LogP contribution in [0.3, 0.4) is 0 Å². The van der Waals surface area contributed by atoms with Crippen molar-refractivity contribution >= 4 is 0 Å². The second-order valence-corrected chi connectivity index (χ2v) is 3.14. The molecule has 7 heteroatoms. The molecule has 0 saturated carbocycles. The van der Waals surface area contributed by atoms with Crippen LogP contribution in [-0.4, -0.2) is 24.7 Å². The Hall–Kier alpha value is -1.34. The third-order valence-corrected chi connectivity index (χ3v) is 1.76. The zero-order valence-corrected chi connectivity index (χ0v) is 8.63. The number of alkyl halides is 3. The zero-order valence-electron chi connectivity index (χ0n) is 8.63. The van der Waals surface area contributed by atoms with E-state index < -0.39 is 32.0 Å². The van der Waals surface area contributed by atoms with E-state index in [1.54, 1.807) is 0 Å². The fraction of sp³-hybridized carbons (Fsp3) is 0.400. The van der Waals surface area contributed by atoms with Crippen molar-refractivity contribution in [1.29, 1.82) is 0 Å². The fourth-order valence-electron chi connectivity index (χ4n) is 1.07. The Morgan fingerprint density at radius 2 is 1.94 bits per heavy atom. The molecule has 0 heterocycles. The molecule has 17 heavy (non-hydrogen) atoms. The molecule has 1 rings (SSSR count). The second kappa shape index (κ2) is 5.83. The molecule has 0 amide bonds. The molecule has 0 fully saturated rings. The van der Waals surface area contributed by atoms with Crippen molar-refractivity contribution in [3.8, 4) is 5.75 Å². The monoisotopic (exact) mass is 254 g/mol. The number of hydrogen-bond donors (Lipinski definition) is 1. The van der Waals surface area contributed by atoms with E-state index in [1.165, 1.54) is 6.07 Å². The maximum atomic E-state index is 12.7. The van der Waals surface area contributed by atoms with E-state index >= 15 is 0 Å². The van der Waals surface area contributed by atoms with Crippen LogP contribution >= 0.6 is 0 Å². The van der Waals surface area contributed by atoms with Crippen molar-refractivity contribution < 1.29 is 32.1 Å². The van der Waals surface area contributed by atoms with Crippen molar-refractivity contribution in [1.82, 2.24) is 0 Å². The lowest BCUT2D eigenvalue weighted by molar-refractivity contribution is -0.186. The first-order valence-corrected chi connectivity index (χ1v) is 4.59. The van der Waals surface area contributed by atoms with Crippen LogP contribution in [0.15, 0.2) is 18.2 Å². The molecule has 0 aliphatic rings. The van der Waals surface area contributed by atoms with Crippen molar-refractivity contribution in [3.05, 3.63) is 29.6 Å². The van der Waals surface area contributed by atoms with Crippen LogP contribution in [-0.2, 0) is 11.3 Å². The predicted molar refractivity (Wildman–Crippen MR) is 49.8 cm³/mol. The van der Waals surface area contributed by atoms with Crippen molar-refractivity contribution in [3.63, 3.8) is 0 Å². The van der Waals surface area contributed by atoms with Gasteiger partial charge in [0.25, 0.3) is 0 Å².